The van der Waals surface area contributed by atoms with Crippen LogP contribution >= 0.6 is 0 Å². The minimum atomic E-state index is -0.240. The Kier molecular flexibility index (Phi) is 5.11. The van der Waals surface area contributed by atoms with E-state index in [-0.39, 0.29) is 18.1 Å². The summed E-state index contributed by atoms with van der Waals surface area (Å²) in [5.74, 6) is 1.43. The Labute approximate surface area is 155 Å². The number of amides is 1. The Hall–Kier alpha value is -1.69. The van der Waals surface area contributed by atoms with Gasteiger partial charge in [-0.25, -0.2) is 9.97 Å². The molecular weight excluding hydrogens is 328 g/mol. The van der Waals surface area contributed by atoms with E-state index in [1.54, 1.807) is 6.33 Å². The van der Waals surface area contributed by atoms with Crippen LogP contribution in [-0.4, -0.2) is 41.2 Å². The van der Waals surface area contributed by atoms with Crippen LogP contribution < -0.4 is 10.6 Å². The summed E-state index contributed by atoms with van der Waals surface area (Å²) in [5, 5.41) is 6.87. The lowest BCUT2D eigenvalue weighted by Gasteiger charge is -2.45. The fourth-order valence-electron chi connectivity index (χ4n) is 4.93. The van der Waals surface area contributed by atoms with Crippen molar-refractivity contribution in [2.45, 2.75) is 70.4 Å². The zero-order valence-electron chi connectivity index (χ0n) is 15.7. The van der Waals surface area contributed by atoms with Crippen molar-refractivity contribution in [3.63, 3.8) is 0 Å². The third-order valence-electron chi connectivity index (χ3n) is 6.64. The summed E-state index contributed by atoms with van der Waals surface area (Å²) in [5.41, 5.74) is 1.37. The molecule has 0 aromatic carbocycles. The lowest BCUT2D eigenvalue weighted by atomic mass is 9.64. The zero-order valence-corrected chi connectivity index (χ0v) is 15.7. The second kappa shape index (κ2) is 7.51. The number of ether oxygens (including phenoxy) is 1. The smallest absolute Gasteiger partial charge is 0.249 e. The molecule has 1 amide bonds. The Morgan fingerprint density at radius 3 is 2.85 bits per heavy atom. The predicted octanol–water partition coefficient (Wildman–Crippen LogP) is 2.70. The highest BCUT2D eigenvalue weighted by molar-refractivity contribution is 5.81. The average molecular weight is 358 g/mol. The summed E-state index contributed by atoms with van der Waals surface area (Å²) in [6.45, 7) is 3.66. The highest BCUT2D eigenvalue weighted by Crippen LogP contribution is 2.55. The Balaban J connectivity index is 1.41. The summed E-state index contributed by atoms with van der Waals surface area (Å²) in [6, 6.07) is 2.28. The van der Waals surface area contributed by atoms with Gasteiger partial charge in [0.05, 0.1) is 0 Å². The van der Waals surface area contributed by atoms with Crippen LogP contribution in [0.5, 0.6) is 0 Å². The molecule has 6 heteroatoms. The van der Waals surface area contributed by atoms with Gasteiger partial charge in [0.2, 0.25) is 5.91 Å². The highest BCUT2D eigenvalue weighted by Gasteiger charge is 2.52. The van der Waals surface area contributed by atoms with Gasteiger partial charge in [-0.1, -0.05) is 13.3 Å². The number of anilines is 1. The molecule has 3 atom stereocenters. The van der Waals surface area contributed by atoms with Crippen molar-refractivity contribution < 1.29 is 9.53 Å². The molecule has 2 saturated carbocycles. The normalized spacial score (nSPS) is 29.5. The van der Waals surface area contributed by atoms with Gasteiger partial charge < -0.3 is 15.4 Å². The molecule has 2 N–H and O–H groups in total. The van der Waals surface area contributed by atoms with E-state index < -0.39 is 0 Å². The van der Waals surface area contributed by atoms with Crippen molar-refractivity contribution in [3.05, 3.63) is 18.1 Å². The lowest BCUT2D eigenvalue weighted by Crippen LogP contribution is -2.54. The van der Waals surface area contributed by atoms with Crippen molar-refractivity contribution >= 4 is 11.7 Å². The zero-order chi connectivity index (χ0) is 18.0. The maximum Gasteiger partial charge on any atom is 0.249 e. The number of rotatable bonds is 6. The monoisotopic (exact) mass is 358 g/mol. The van der Waals surface area contributed by atoms with E-state index in [0.717, 1.165) is 43.7 Å². The van der Waals surface area contributed by atoms with Gasteiger partial charge in [-0.2, -0.15) is 0 Å². The lowest BCUT2D eigenvalue weighted by molar-refractivity contribution is -0.132. The average Bonchev–Trinajstić information content (AvgIpc) is 3.28. The van der Waals surface area contributed by atoms with Crippen LogP contribution in [0.25, 0.3) is 0 Å². The minimum Gasteiger partial charge on any atom is -0.370 e. The molecule has 0 bridgehead atoms. The number of aromatic nitrogens is 2. The Morgan fingerprint density at radius 1 is 1.27 bits per heavy atom. The molecule has 2 heterocycles. The third-order valence-corrected chi connectivity index (χ3v) is 6.64. The molecule has 2 aliphatic carbocycles. The van der Waals surface area contributed by atoms with Gasteiger partial charge in [0.25, 0.3) is 0 Å². The fraction of sp³-hybridized carbons (Fsp3) is 0.750. The summed E-state index contributed by atoms with van der Waals surface area (Å²) >= 11 is 0. The van der Waals surface area contributed by atoms with Gasteiger partial charge in [0, 0.05) is 31.0 Å². The quantitative estimate of drug-likeness (QED) is 0.818. The van der Waals surface area contributed by atoms with E-state index in [4.69, 9.17) is 4.74 Å². The number of hydrogen-bond donors (Lipinski definition) is 2. The first-order valence-corrected chi connectivity index (χ1v) is 10.2. The van der Waals surface area contributed by atoms with E-state index in [1.807, 2.05) is 6.07 Å². The molecule has 142 valence electrons. The Morgan fingerprint density at radius 2 is 2.15 bits per heavy atom. The molecule has 2 unspecified atom stereocenters. The van der Waals surface area contributed by atoms with Crippen LogP contribution in [0.15, 0.2) is 12.4 Å². The van der Waals surface area contributed by atoms with E-state index in [0.29, 0.717) is 17.9 Å². The molecule has 3 aliphatic rings. The molecule has 26 heavy (non-hydrogen) atoms. The van der Waals surface area contributed by atoms with Crippen molar-refractivity contribution in [2.24, 2.45) is 11.3 Å². The maximum atomic E-state index is 12.7. The van der Waals surface area contributed by atoms with E-state index in [1.165, 1.54) is 25.7 Å². The molecule has 1 aromatic heterocycles. The van der Waals surface area contributed by atoms with Crippen molar-refractivity contribution in [3.8, 4) is 0 Å². The number of carbonyl (C=O) groups is 1. The summed E-state index contributed by atoms with van der Waals surface area (Å²) in [7, 11) is 0. The number of nitrogens with one attached hydrogen (secondary N) is 2. The van der Waals surface area contributed by atoms with E-state index in [2.05, 4.69) is 27.5 Å². The first-order valence-electron chi connectivity index (χ1n) is 10.2. The minimum absolute atomic E-state index is 0.0981. The van der Waals surface area contributed by atoms with Gasteiger partial charge in [0.1, 0.15) is 18.2 Å². The SMILES string of the molecule is CCc1cc(NCC2CCC3(CCC3)C2NC(=O)[C@@H]2CCCO2)ncn1. The van der Waals surface area contributed by atoms with E-state index >= 15 is 0 Å². The van der Waals surface area contributed by atoms with E-state index in [9.17, 15) is 4.79 Å². The number of aryl methyl sites for hydroxylation is 1. The number of carbonyl (C=O) groups excluding carboxylic acids is 1. The molecule has 1 saturated heterocycles. The topological polar surface area (TPSA) is 76.1 Å². The van der Waals surface area contributed by atoms with Gasteiger partial charge in [-0.05, 0) is 56.3 Å². The summed E-state index contributed by atoms with van der Waals surface area (Å²) in [6.07, 6.45) is 10.3. The molecule has 4 rings (SSSR count). The molecule has 1 aromatic rings. The van der Waals surface area contributed by atoms with Crippen LogP contribution in [-0.2, 0) is 16.0 Å². The second-order valence-corrected chi connectivity index (χ2v) is 8.13. The van der Waals surface area contributed by atoms with Crippen molar-refractivity contribution in [2.75, 3.05) is 18.5 Å². The second-order valence-electron chi connectivity index (χ2n) is 8.13. The largest absolute Gasteiger partial charge is 0.370 e. The molecule has 0 radical (unpaired) electrons. The summed E-state index contributed by atoms with van der Waals surface area (Å²) in [4.78, 5) is 21.3. The standard InChI is InChI=1S/C20H30N4O2/c1-2-15-11-17(23-13-22-15)21-12-14-6-9-20(7-4-8-20)18(14)24-19(25)16-5-3-10-26-16/h11,13-14,16,18H,2-10,12H2,1H3,(H,24,25)(H,21,22,23)/t14?,16-,18?/m0/s1. The fourth-order valence-corrected chi connectivity index (χ4v) is 4.93. The maximum absolute atomic E-state index is 12.7. The molecular formula is C20H30N4O2. The van der Waals surface area contributed by atoms with Crippen LogP contribution in [0.4, 0.5) is 5.82 Å². The van der Waals surface area contributed by atoms with Crippen LogP contribution in [0.3, 0.4) is 0 Å². The molecule has 1 aliphatic heterocycles. The Bertz CT molecular complexity index is 640. The van der Waals surface area contributed by atoms with Gasteiger partial charge in [-0.3, -0.25) is 4.79 Å². The van der Waals surface area contributed by atoms with Gasteiger partial charge >= 0.3 is 0 Å². The molecule has 1 spiro atoms. The van der Waals surface area contributed by atoms with Crippen LogP contribution in [0, 0.1) is 11.3 Å². The van der Waals surface area contributed by atoms with Crippen molar-refractivity contribution in [1.29, 1.82) is 0 Å². The third kappa shape index (κ3) is 3.43. The highest BCUT2D eigenvalue weighted by atomic mass is 16.5. The summed E-state index contributed by atoms with van der Waals surface area (Å²) < 4.78 is 5.59. The van der Waals surface area contributed by atoms with Crippen LogP contribution in [0.1, 0.15) is 57.6 Å². The first kappa shape index (κ1) is 17.7. The molecule has 6 nitrogen and oxygen atoms in total. The van der Waals surface area contributed by atoms with Gasteiger partial charge in [-0.15, -0.1) is 0 Å². The van der Waals surface area contributed by atoms with Gasteiger partial charge in [0.15, 0.2) is 0 Å². The number of hydrogen-bond acceptors (Lipinski definition) is 5. The first-order chi connectivity index (χ1) is 12.7. The number of nitrogens with zero attached hydrogens (tertiary/aromatic N) is 2. The predicted molar refractivity (Wildman–Crippen MR) is 99.8 cm³/mol. The van der Waals surface area contributed by atoms with Crippen molar-refractivity contribution in [1.82, 2.24) is 15.3 Å². The van der Waals surface area contributed by atoms with Crippen LogP contribution in [0.2, 0.25) is 0 Å². The molecule has 3 fully saturated rings.